The summed E-state index contributed by atoms with van der Waals surface area (Å²) in [6.07, 6.45) is 5.01. The summed E-state index contributed by atoms with van der Waals surface area (Å²) in [6, 6.07) is 17.7. The zero-order chi connectivity index (χ0) is 20.6. The van der Waals surface area contributed by atoms with E-state index in [-0.39, 0.29) is 10.8 Å². The Balaban J connectivity index is 1.60. The Bertz CT molecular complexity index is 1310. The van der Waals surface area contributed by atoms with Crippen molar-refractivity contribution < 1.29 is 13.2 Å². The third kappa shape index (κ3) is 3.90. The summed E-state index contributed by atoms with van der Waals surface area (Å²) in [5, 5.41) is 2.88. The molecule has 0 radical (unpaired) electrons. The zero-order valence-electron chi connectivity index (χ0n) is 16.0. The van der Waals surface area contributed by atoms with Crippen LogP contribution in [0.15, 0.2) is 78.0 Å². The molecule has 0 aliphatic heterocycles. The predicted molar refractivity (Wildman–Crippen MR) is 113 cm³/mol. The van der Waals surface area contributed by atoms with Crippen molar-refractivity contribution in [2.75, 3.05) is 11.6 Å². The van der Waals surface area contributed by atoms with Gasteiger partial charge in [-0.2, -0.15) is 0 Å². The average molecular weight is 405 g/mol. The first-order valence-electron chi connectivity index (χ1n) is 8.97. The molecule has 0 unspecified atom stereocenters. The summed E-state index contributed by atoms with van der Waals surface area (Å²) in [5.74, 6) is -0.297. The molecule has 0 spiro atoms. The first-order chi connectivity index (χ1) is 13.8. The molecule has 0 atom stereocenters. The van der Waals surface area contributed by atoms with Gasteiger partial charge in [0.15, 0.2) is 9.84 Å². The fraction of sp³-hybridized carbons (Fsp3) is 0.0909. The molecular weight excluding hydrogens is 386 g/mol. The van der Waals surface area contributed by atoms with Gasteiger partial charge in [0.1, 0.15) is 5.65 Å². The van der Waals surface area contributed by atoms with E-state index in [0.717, 1.165) is 23.2 Å². The van der Waals surface area contributed by atoms with Crippen LogP contribution in [0.25, 0.3) is 16.9 Å². The maximum absolute atomic E-state index is 12.7. The van der Waals surface area contributed by atoms with E-state index in [2.05, 4.69) is 10.3 Å². The Morgan fingerprint density at radius 1 is 1.03 bits per heavy atom. The number of rotatable bonds is 4. The van der Waals surface area contributed by atoms with Crippen LogP contribution in [-0.2, 0) is 9.84 Å². The lowest BCUT2D eigenvalue weighted by Gasteiger charge is -2.10. The predicted octanol–water partition coefficient (Wildman–Crippen LogP) is 3.97. The Morgan fingerprint density at radius 2 is 1.86 bits per heavy atom. The lowest BCUT2D eigenvalue weighted by atomic mass is 10.1. The third-order valence-corrected chi connectivity index (χ3v) is 5.76. The SMILES string of the molecule is Cc1cc(S(C)(=O)=O)ccc1C(=O)Nc1cccc(-c2cn3ccccc3n2)c1. The van der Waals surface area contributed by atoms with Crippen LogP contribution in [0.1, 0.15) is 15.9 Å². The molecule has 0 aliphatic rings. The van der Waals surface area contributed by atoms with Crippen molar-refractivity contribution >= 4 is 27.1 Å². The number of nitrogens with one attached hydrogen (secondary N) is 1. The van der Waals surface area contributed by atoms with Crippen molar-refractivity contribution in [2.24, 2.45) is 0 Å². The molecule has 0 saturated heterocycles. The molecule has 2 aromatic heterocycles. The Labute approximate surface area is 168 Å². The Hall–Kier alpha value is -3.45. The number of aromatic nitrogens is 2. The number of aryl methyl sites for hydroxylation is 1. The molecule has 2 heterocycles. The van der Waals surface area contributed by atoms with Crippen LogP contribution in [0, 0.1) is 6.92 Å². The minimum absolute atomic E-state index is 0.195. The van der Waals surface area contributed by atoms with Crippen molar-refractivity contribution in [3.63, 3.8) is 0 Å². The van der Waals surface area contributed by atoms with Crippen LogP contribution in [0.4, 0.5) is 5.69 Å². The number of benzene rings is 2. The maximum Gasteiger partial charge on any atom is 0.255 e. The summed E-state index contributed by atoms with van der Waals surface area (Å²) < 4.78 is 25.3. The van der Waals surface area contributed by atoms with Gasteiger partial charge in [-0.15, -0.1) is 0 Å². The second-order valence-electron chi connectivity index (χ2n) is 6.88. The number of imidazole rings is 1. The van der Waals surface area contributed by atoms with Gasteiger partial charge in [-0.05, 0) is 55.0 Å². The van der Waals surface area contributed by atoms with E-state index in [9.17, 15) is 13.2 Å². The molecule has 0 aliphatic carbocycles. The van der Waals surface area contributed by atoms with Crippen molar-refractivity contribution in [3.8, 4) is 11.3 Å². The topological polar surface area (TPSA) is 80.5 Å². The molecule has 4 aromatic rings. The number of hydrogen-bond donors (Lipinski definition) is 1. The standard InChI is InChI=1S/C22H19N3O3S/c1-15-12-18(29(2,27)28)9-10-19(15)22(26)23-17-7-5-6-16(13-17)20-14-25-11-4-3-8-21(25)24-20/h3-14H,1-2H3,(H,23,26). The number of carbonyl (C=O) groups excluding carboxylic acids is 1. The maximum atomic E-state index is 12.7. The first kappa shape index (κ1) is 18.9. The molecule has 6 nitrogen and oxygen atoms in total. The Kier molecular flexibility index (Phi) is 4.68. The molecular formula is C22H19N3O3S. The van der Waals surface area contributed by atoms with E-state index < -0.39 is 9.84 Å². The fourth-order valence-corrected chi connectivity index (χ4v) is 3.86. The molecule has 0 fully saturated rings. The van der Waals surface area contributed by atoms with Gasteiger partial charge in [0, 0.05) is 35.5 Å². The molecule has 1 N–H and O–H groups in total. The van der Waals surface area contributed by atoms with Gasteiger partial charge in [0.2, 0.25) is 0 Å². The smallest absolute Gasteiger partial charge is 0.255 e. The van der Waals surface area contributed by atoms with Crippen LogP contribution in [0.5, 0.6) is 0 Å². The summed E-state index contributed by atoms with van der Waals surface area (Å²) in [7, 11) is -3.31. The highest BCUT2D eigenvalue weighted by Crippen LogP contribution is 2.23. The van der Waals surface area contributed by atoms with Crippen molar-refractivity contribution in [2.45, 2.75) is 11.8 Å². The largest absolute Gasteiger partial charge is 0.322 e. The molecule has 2 aromatic carbocycles. The average Bonchev–Trinajstić information content (AvgIpc) is 3.11. The highest BCUT2D eigenvalue weighted by atomic mass is 32.2. The van der Waals surface area contributed by atoms with Crippen LogP contribution in [-0.4, -0.2) is 30.0 Å². The van der Waals surface area contributed by atoms with Crippen LogP contribution in [0.3, 0.4) is 0 Å². The van der Waals surface area contributed by atoms with Crippen LogP contribution in [0.2, 0.25) is 0 Å². The lowest BCUT2D eigenvalue weighted by molar-refractivity contribution is 0.102. The van der Waals surface area contributed by atoms with E-state index in [4.69, 9.17) is 0 Å². The minimum atomic E-state index is -3.31. The zero-order valence-corrected chi connectivity index (χ0v) is 16.8. The fourth-order valence-electron chi connectivity index (χ4n) is 3.15. The first-order valence-corrected chi connectivity index (χ1v) is 10.9. The van der Waals surface area contributed by atoms with Crippen molar-refractivity contribution in [1.82, 2.24) is 9.38 Å². The number of hydrogen-bond acceptors (Lipinski definition) is 4. The minimum Gasteiger partial charge on any atom is -0.322 e. The number of pyridine rings is 1. The second kappa shape index (κ2) is 7.18. The summed E-state index contributed by atoms with van der Waals surface area (Å²) in [5.41, 5.74) is 4.20. The van der Waals surface area contributed by atoms with Crippen molar-refractivity contribution in [3.05, 3.63) is 84.2 Å². The number of fused-ring (bicyclic) bond motifs is 1. The molecule has 29 heavy (non-hydrogen) atoms. The number of sulfone groups is 1. The van der Waals surface area contributed by atoms with Gasteiger partial charge < -0.3 is 9.72 Å². The summed E-state index contributed by atoms with van der Waals surface area (Å²) >= 11 is 0. The second-order valence-corrected chi connectivity index (χ2v) is 8.89. The quantitative estimate of drug-likeness (QED) is 0.557. The molecule has 0 bridgehead atoms. The van der Waals surface area contributed by atoms with Gasteiger partial charge in [-0.25, -0.2) is 13.4 Å². The van der Waals surface area contributed by atoms with Crippen LogP contribution < -0.4 is 5.32 Å². The number of carbonyl (C=O) groups is 1. The monoisotopic (exact) mass is 405 g/mol. The van der Waals surface area contributed by atoms with E-state index in [1.807, 2.05) is 53.2 Å². The summed E-state index contributed by atoms with van der Waals surface area (Å²) in [6.45, 7) is 1.72. The van der Waals surface area contributed by atoms with Gasteiger partial charge in [0.05, 0.1) is 10.6 Å². The molecule has 7 heteroatoms. The number of nitrogens with zero attached hydrogens (tertiary/aromatic N) is 2. The third-order valence-electron chi connectivity index (χ3n) is 4.65. The van der Waals surface area contributed by atoms with E-state index >= 15 is 0 Å². The van der Waals surface area contributed by atoms with Gasteiger partial charge in [-0.3, -0.25) is 4.79 Å². The molecule has 0 saturated carbocycles. The number of anilines is 1. The normalized spacial score (nSPS) is 11.5. The van der Waals surface area contributed by atoms with E-state index in [1.54, 1.807) is 13.0 Å². The highest BCUT2D eigenvalue weighted by molar-refractivity contribution is 7.90. The van der Waals surface area contributed by atoms with E-state index in [1.165, 1.54) is 18.2 Å². The van der Waals surface area contributed by atoms with Crippen molar-refractivity contribution in [1.29, 1.82) is 0 Å². The van der Waals surface area contributed by atoms with E-state index in [0.29, 0.717) is 16.8 Å². The Morgan fingerprint density at radius 3 is 2.59 bits per heavy atom. The highest BCUT2D eigenvalue weighted by Gasteiger charge is 2.14. The summed E-state index contributed by atoms with van der Waals surface area (Å²) in [4.78, 5) is 17.5. The number of amides is 1. The molecule has 4 rings (SSSR count). The van der Waals surface area contributed by atoms with Gasteiger partial charge in [-0.1, -0.05) is 18.2 Å². The van der Waals surface area contributed by atoms with Gasteiger partial charge in [0.25, 0.3) is 5.91 Å². The lowest BCUT2D eigenvalue weighted by Crippen LogP contribution is -2.14. The molecule has 1 amide bonds. The van der Waals surface area contributed by atoms with Crippen LogP contribution >= 0.6 is 0 Å². The van der Waals surface area contributed by atoms with Gasteiger partial charge >= 0.3 is 0 Å². The molecule has 146 valence electrons.